The van der Waals surface area contributed by atoms with E-state index in [1.807, 2.05) is 0 Å². The summed E-state index contributed by atoms with van der Waals surface area (Å²) in [5.41, 5.74) is 0. The highest BCUT2D eigenvalue weighted by atomic mass is 16.4. The molecule has 0 unspecified atom stereocenters. The summed E-state index contributed by atoms with van der Waals surface area (Å²) in [5, 5.41) is 8.21. The lowest BCUT2D eigenvalue weighted by Crippen LogP contribution is -2.27. The van der Waals surface area contributed by atoms with Crippen molar-refractivity contribution in [2.24, 2.45) is 0 Å². The van der Waals surface area contributed by atoms with Gasteiger partial charge in [0.25, 0.3) is 0 Å². The normalized spacial score (nSPS) is 19.2. The predicted octanol–water partition coefficient (Wildman–Crippen LogP) is 2.96. The van der Waals surface area contributed by atoms with Gasteiger partial charge in [-0.3, -0.25) is 4.90 Å². The van der Waals surface area contributed by atoms with Crippen molar-refractivity contribution in [1.82, 2.24) is 15.1 Å². The van der Waals surface area contributed by atoms with Gasteiger partial charge in [0.1, 0.15) is 0 Å². The largest absolute Gasteiger partial charge is 0.424 e. The van der Waals surface area contributed by atoms with Gasteiger partial charge in [-0.25, -0.2) is 0 Å². The number of aromatic nitrogens is 2. The number of likely N-dealkylation sites (tertiary alicyclic amines) is 1. The molecule has 1 fully saturated rings. The van der Waals surface area contributed by atoms with E-state index in [4.69, 9.17) is 4.42 Å². The molecule has 1 saturated heterocycles. The van der Waals surface area contributed by atoms with E-state index in [0.717, 1.165) is 18.3 Å². The van der Waals surface area contributed by atoms with Gasteiger partial charge in [0.15, 0.2) is 0 Å². The zero-order valence-corrected chi connectivity index (χ0v) is 11.0. The second-order valence-corrected chi connectivity index (χ2v) is 5.23. The lowest BCUT2D eigenvalue weighted by atomic mass is 10.1. The molecular weight excluding hydrogens is 214 g/mol. The number of hydrogen-bond donors (Lipinski definition) is 0. The van der Waals surface area contributed by atoms with Crippen molar-refractivity contribution in [2.75, 3.05) is 13.1 Å². The minimum absolute atomic E-state index is 0.323. The van der Waals surface area contributed by atoms with E-state index in [-0.39, 0.29) is 0 Å². The van der Waals surface area contributed by atoms with Gasteiger partial charge < -0.3 is 4.42 Å². The van der Waals surface area contributed by atoms with Gasteiger partial charge in [0.05, 0.1) is 6.54 Å². The fourth-order valence-corrected chi connectivity index (χ4v) is 2.23. The van der Waals surface area contributed by atoms with Crippen LogP contribution in [-0.4, -0.2) is 28.2 Å². The van der Waals surface area contributed by atoms with Crippen LogP contribution in [0.2, 0.25) is 0 Å². The Morgan fingerprint density at radius 2 is 1.71 bits per heavy atom. The summed E-state index contributed by atoms with van der Waals surface area (Å²) in [7, 11) is 0. The minimum atomic E-state index is 0.323. The van der Waals surface area contributed by atoms with E-state index in [1.165, 1.54) is 45.2 Å². The first-order valence-electron chi connectivity index (χ1n) is 6.80. The minimum Gasteiger partial charge on any atom is -0.424 e. The Morgan fingerprint density at radius 3 is 2.29 bits per heavy atom. The van der Waals surface area contributed by atoms with Crippen LogP contribution in [0.5, 0.6) is 0 Å². The zero-order chi connectivity index (χ0) is 12.1. The van der Waals surface area contributed by atoms with Crippen molar-refractivity contribution in [3.05, 3.63) is 11.8 Å². The molecule has 2 rings (SSSR count). The monoisotopic (exact) mass is 237 g/mol. The summed E-state index contributed by atoms with van der Waals surface area (Å²) >= 11 is 0. The summed E-state index contributed by atoms with van der Waals surface area (Å²) in [6.45, 7) is 7.30. The molecule has 0 amide bonds. The summed E-state index contributed by atoms with van der Waals surface area (Å²) in [6.07, 6.45) is 6.71. The lowest BCUT2D eigenvalue weighted by Gasteiger charge is -2.22. The molecule has 17 heavy (non-hydrogen) atoms. The van der Waals surface area contributed by atoms with Crippen LogP contribution in [0.3, 0.4) is 0 Å². The van der Waals surface area contributed by atoms with Crippen LogP contribution >= 0.6 is 0 Å². The fourth-order valence-electron chi connectivity index (χ4n) is 2.23. The van der Waals surface area contributed by atoms with E-state index < -0.39 is 0 Å². The highest BCUT2D eigenvalue weighted by molar-refractivity contribution is 4.87. The van der Waals surface area contributed by atoms with Gasteiger partial charge >= 0.3 is 0 Å². The van der Waals surface area contributed by atoms with Crippen LogP contribution in [-0.2, 0) is 6.54 Å². The summed E-state index contributed by atoms with van der Waals surface area (Å²) < 4.78 is 5.66. The molecule has 96 valence electrons. The lowest BCUT2D eigenvalue weighted by molar-refractivity contribution is 0.216. The molecule has 1 aliphatic heterocycles. The van der Waals surface area contributed by atoms with Crippen molar-refractivity contribution in [3.8, 4) is 0 Å². The Morgan fingerprint density at radius 1 is 1.06 bits per heavy atom. The molecule has 0 N–H and O–H groups in total. The molecule has 0 aromatic carbocycles. The summed E-state index contributed by atoms with van der Waals surface area (Å²) in [5.74, 6) is 1.85. The summed E-state index contributed by atoms with van der Waals surface area (Å²) in [4.78, 5) is 2.44. The van der Waals surface area contributed by atoms with Crippen LogP contribution in [0, 0.1) is 0 Å². The third kappa shape index (κ3) is 3.80. The molecule has 4 heteroatoms. The first-order valence-corrected chi connectivity index (χ1v) is 6.80. The van der Waals surface area contributed by atoms with Crippen molar-refractivity contribution in [2.45, 2.75) is 58.4 Å². The maximum absolute atomic E-state index is 5.66. The number of hydrogen-bond acceptors (Lipinski definition) is 4. The van der Waals surface area contributed by atoms with Gasteiger partial charge in [0, 0.05) is 5.92 Å². The molecule has 1 aromatic heterocycles. The molecule has 0 atom stereocenters. The Balaban J connectivity index is 1.89. The Kier molecular flexibility index (Phi) is 4.54. The molecule has 2 heterocycles. The standard InChI is InChI=1S/C13H23N3O/c1-11(2)13-15-14-12(17-13)10-16-8-6-4-3-5-7-9-16/h11H,3-10H2,1-2H3. The molecule has 0 saturated carbocycles. The summed E-state index contributed by atoms with van der Waals surface area (Å²) in [6, 6.07) is 0. The van der Waals surface area contributed by atoms with Crippen molar-refractivity contribution >= 4 is 0 Å². The average Bonchev–Trinajstić information content (AvgIpc) is 2.70. The molecule has 0 aliphatic carbocycles. The van der Waals surface area contributed by atoms with Gasteiger partial charge in [-0.05, 0) is 25.9 Å². The Hall–Kier alpha value is -0.900. The van der Waals surface area contributed by atoms with Crippen molar-refractivity contribution < 1.29 is 4.42 Å². The quantitative estimate of drug-likeness (QED) is 0.810. The van der Waals surface area contributed by atoms with Crippen LogP contribution in [0.25, 0.3) is 0 Å². The van der Waals surface area contributed by atoms with E-state index >= 15 is 0 Å². The Bertz CT molecular complexity index is 327. The Labute approximate surface area is 103 Å². The van der Waals surface area contributed by atoms with Crippen molar-refractivity contribution in [1.29, 1.82) is 0 Å². The SMILES string of the molecule is CC(C)c1nnc(CN2CCCCCCC2)o1. The van der Waals surface area contributed by atoms with E-state index in [2.05, 4.69) is 28.9 Å². The molecule has 0 radical (unpaired) electrons. The van der Waals surface area contributed by atoms with E-state index in [1.54, 1.807) is 0 Å². The first kappa shape index (κ1) is 12.6. The van der Waals surface area contributed by atoms with Crippen LogP contribution in [0.15, 0.2) is 4.42 Å². The highest BCUT2D eigenvalue weighted by Crippen LogP contribution is 2.15. The van der Waals surface area contributed by atoms with Crippen molar-refractivity contribution in [3.63, 3.8) is 0 Å². The molecular formula is C13H23N3O. The third-order valence-corrected chi connectivity index (χ3v) is 3.28. The van der Waals surface area contributed by atoms with Crippen LogP contribution < -0.4 is 0 Å². The van der Waals surface area contributed by atoms with Crippen LogP contribution in [0.1, 0.15) is 63.7 Å². The molecule has 0 bridgehead atoms. The second kappa shape index (κ2) is 6.15. The molecule has 0 spiro atoms. The maximum Gasteiger partial charge on any atom is 0.230 e. The predicted molar refractivity (Wildman–Crippen MR) is 66.7 cm³/mol. The smallest absolute Gasteiger partial charge is 0.230 e. The van der Waals surface area contributed by atoms with E-state index in [0.29, 0.717) is 5.92 Å². The third-order valence-electron chi connectivity index (χ3n) is 3.28. The fraction of sp³-hybridized carbons (Fsp3) is 0.846. The zero-order valence-electron chi connectivity index (χ0n) is 11.0. The van der Waals surface area contributed by atoms with Gasteiger partial charge in [-0.1, -0.05) is 33.1 Å². The van der Waals surface area contributed by atoms with Gasteiger partial charge in [-0.2, -0.15) is 0 Å². The topological polar surface area (TPSA) is 42.2 Å². The van der Waals surface area contributed by atoms with Gasteiger partial charge in [-0.15, -0.1) is 10.2 Å². The maximum atomic E-state index is 5.66. The number of rotatable bonds is 3. The van der Waals surface area contributed by atoms with Crippen LogP contribution in [0.4, 0.5) is 0 Å². The van der Waals surface area contributed by atoms with Gasteiger partial charge in [0.2, 0.25) is 11.8 Å². The van der Waals surface area contributed by atoms with E-state index in [9.17, 15) is 0 Å². The first-order chi connectivity index (χ1) is 8.25. The molecule has 4 nitrogen and oxygen atoms in total. The molecule has 1 aromatic rings. The average molecular weight is 237 g/mol. The second-order valence-electron chi connectivity index (χ2n) is 5.23. The number of nitrogens with zero attached hydrogens (tertiary/aromatic N) is 3. The highest BCUT2D eigenvalue weighted by Gasteiger charge is 2.14. The molecule has 1 aliphatic rings.